The van der Waals surface area contributed by atoms with Crippen LogP contribution in [0.5, 0.6) is 0 Å². The van der Waals surface area contributed by atoms with Gasteiger partial charge >= 0.3 is 0 Å². The van der Waals surface area contributed by atoms with Crippen molar-refractivity contribution in [2.45, 2.75) is 59.6 Å². The van der Waals surface area contributed by atoms with Gasteiger partial charge in [0.2, 0.25) is 0 Å². The monoisotopic (exact) mass is 382 g/mol. The van der Waals surface area contributed by atoms with Crippen LogP contribution in [0.4, 0.5) is 5.82 Å². The Balaban J connectivity index is 2.13. The Kier molecular flexibility index (Phi) is 7.40. The fourth-order valence-electron chi connectivity index (χ4n) is 2.97. The van der Waals surface area contributed by atoms with Crippen LogP contribution >= 0.6 is 0 Å². The maximum Gasteiger partial charge on any atom is 0.151 e. The minimum atomic E-state index is -2.95. The van der Waals surface area contributed by atoms with Crippen LogP contribution < -0.4 is 5.73 Å². The average molecular weight is 383 g/mol. The van der Waals surface area contributed by atoms with Gasteiger partial charge < -0.3 is 15.0 Å². The number of hydrogen-bond donors (Lipinski definition) is 1. The predicted molar refractivity (Wildman–Crippen MR) is 105 cm³/mol. The highest BCUT2D eigenvalue weighted by molar-refractivity contribution is 7.91. The number of hydrogen-bond acceptors (Lipinski definition) is 6. The summed E-state index contributed by atoms with van der Waals surface area (Å²) in [6.07, 6.45) is 4.78. The van der Waals surface area contributed by atoms with Crippen LogP contribution in [0.1, 0.15) is 50.9 Å². The van der Waals surface area contributed by atoms with Crippen molar-refractivity contribution >= 4 is 26.7 Å². The van der Waals surface area contributed by atoms with E-state index < -0.39 is 9.84 Å². The summed E-state index contributed by atoms with van der Waals surface area (Å²) in [6.45, 7) is 7.61. The molecule has 0 atom stereocenters. The molecule has 2 aromatic heterocycles. The molecule has 0 radical (unpaired) electrons. The molecular weight excluding hydrogens is 352 g/mol. The lowest BCUT2D eigenvalue weighted by Crippen LogP contribution is -2.12. The molecule has 0 spiro atoms. The zero-order valence-electron chi connectivity index (χ0n) is 16.0. The van der Waals surface area contributed by atoms with Crippen molar-refractivity contribution in [3.05, 3.63) is 17.6 Å². The minimum absolute atomic E-state index is 0.239. The predicted octanol–water partition coefficient (Wildman–Crippen LogP) is 2.85. The number of nitrogens with two attached hydrogens (primary N) is 1. The third-order valence-electron chi connectivity index (χ3n) is 4.39. The van der Waals surface area contributed by atoms with Crippen molar-refractivity contribution in [1.82, 2.24) is 14.5 Å². The molecular formula is C18H30N4O3S. The number of nitrogens with zero attached hydrogens (tertiary/aromatic N) is 3. The van der Waals surface area contributed by atoms with Gasteiger partial charge in [-0.15, -0.1) is 0 Å². The third kappa shape index (κ3) is 5.17. The van der Waals surface area contributed by atoms with Gasteiger partial charge in [-0.25, -0.2) is 18.4 Å². The van der Waals surface area contributed by atoms with Gasteiger partial charge in [0.25, 0.3) is 0 Å². The van der Waals surface area contributed by atoms with Gasteiger partial charge in [0.1, 0.15) is 27.8 Å². The van der Waals surface area contributed by atoms with Crippen molar-refractivity contribution in [2.75, 3.05) is 23.8 Å². The van der Waals surface area contributed by atoms with Crippen molar-refractivity contribution in [3.63, 3.8) is 0 Å². The summed E-state index contributed by atoms with van der Waals surface area (Å²) >= 11 is 0. The summed E-state index contributed by atoms with van der Waals surface area (Å²) < 4.78 is 31.6. The fourth-order valence-corrected chi connectivity index (χ4v) is 4.55. The normalized spacial score (nSPS) is 12.1. The van der Waals surface area contributed by atoms with Gasteiger partial charge in [-0.1, -0.05) is 13.3 Å². The summed E-state index contributed by atoms with van der Waals surface area (Å²) in [4.78, 5) is 8.79. The summed E-state index contributed by atoms with van der Waals surface area (Å²) in [7, 11) is -2.95. The van der Waals surface area contributed by atoms with Crippen molar-refractivity contribution in [1.29, 1.82) is 0 Å². The molecule has 2 heterocycles. The first kappa shape index (κ1) is 20.6. The molecule has 0 saturated carbocycles. The standard InChI is InChI=1S/C18H30N4O3S/c1-4-6-10-26(23,24)11-8-7-9-22-15(13-25-5-2)21-16-17(22)14(3)12-20-18(16)19/h12H,4-11,13H2,1-3H3,(H2,19,20). The second kappa shape index (κ2) is 9.32. The molecule has 0 fully saturated rings. The van der Waals surface area contributed by atoms with E-state index in [1.54, 1.807) is 6.20 Å². The smallest absolute Gasteiger partial charge is 0.151 e. The van der Waals surface area contributed by atoms with E-state index >= 15 is 0 Å². The molecule has 0 saturated heterocycles. The molecule has 2 aromatic rings. The van der Waals surface area contributed by atoms with E-state index in [4.69, 9.17) is 10.5 Å². The molecule has 2 N–H and O–H groups in total. The van der Waals surface area contributed by atoms with Crippen LogP contribution in [0.15, 0.2) is 6.20 Å². The van der Waals surface area contributed by atoms with E-state index in [1.807, 2.05) is 20.8 Å². The van der Waals surface area contributed by atoms with E-state index in [2.05, 4.69) is 14.5 Å². The Hall–Kier alpha value is -1.67. The summed E-state index contributed by atoms with van der Waals surface area (Å²) in [5, 5.41) is 0. The summed E-state index contributed by atoms with van der Waals surface area (Å²) in [5.74, 6) is 1.74. The van der Waals surface area contributed by atoms with Gasteiger partial charge in [0.05, 0.1) is 17.0 Å². The molecule has 26 heavy (non-hydrogen) atoms. The summed E-state index contributed by atoms with van der Waals surface area (Å²) in [5.41, 5.74) is 8.64. The maximum atomic E-state index is 12.0. The highest BCUT2D eigenvalue weighted by Gasteiger charge is 2.16. The van der Waals surface area contributed by atoms with Crippen LogP contribution in [0.3, 0.4) is 0 Å². The lowest BCUT2D eigenvalue weighted by Gasteiger charge is -2.11. The highest BCUT2D eigenvalue weighted by Crippen LogP contribution is 2.24. The van der Waals surface area contributed by atoms with E-state index in [0.717, 1.165) is 36.2 Å². The molecule has 7 nitrogen and oxygen atoms in total. The van der Waals surface area contributed by atoms with Gasteiger partial charge in [-0.3, -0.25) is 0 Å². The Morgan fingerprint density at radius 3 is 2.62 bits per heavy atom. The lowest BCUT2D eigenvalue weighted by molar-refractivity contribution is 0.126. The van der Waals surface area contributed by atoms with E-state index in [-0.39, 0.29) is 11.5 Å². The van der Waals surface area contributed by atoms with Gasteiger partial charge in [0, 0.05) is 19.3 Å². The van der Waals surface area contributed by atoms with Crippen LogP contribution in [-0.4, -0.2) is 41.1 Å². The topological polar surface area (TPSA) is 100 Å². The highest BCUT2D eigenvalue weighted by atomic mass is 32.2. The van der Waals surface area contributed by atoms with Crippen molar-refractivity contribution in [3.8, 4) is 0 Å². The molecule has 8 heteroatoms. The molecule has 0 unspecified atom stereocenters. The molecule has 0 aliphatic rings. The maximum absolute atomic E-state index is 12.0. The number of ether oxygens (including phenoxy) is 1. The zero-order valence-corrected chi connectivity index (χ0v) is 16.8. The van der Waals surface area contributed by atoms with E-state index in [0.29, 0.717) is 37.5 Å². The third-order valence-corrected chi connectivity index (χ3v) is 6.21. The number of nitrogen functional groups attached to an aromatic ring is 1. The number of unbranched alkanes of at least 4 members (excludes halogenated alkanes) is 2. The summed E-state index contributed by atoms with van der Waals surface area (Å²) in [6, 6.07) is 0. The Morgan fingerprint density at radius 1 is 1.19 bits per heavy atom. The zero-order chi connectivity index (χ0) is 19.2. The minimum Gasteiger partial charge on any atom is -0.382 e. The van der Waals surface area contributed by atoms with Crippen molar-refractivity contribution < 1.29 is 13.2 Å². The number of aryl methyl sites for hydroxylation is 2. The second-order valence-electron chi connectivity index (χ2n) is 6.55. The first-order valence-corrected chi connectivity index (χ1v) is 11.1. The van der Waals surface area contributed by atoms with E-state index in [9.17, 15) is 8.42 Å². The van der Waals surface area contributed by atoms with Gasteiger partial charge in [0.15, 0.2) is 5.82 Å². The molecule has 0 aliphatic heterocycles. The van der Waals surface area contributed by atoms with E-state index in [1.165, 1.54) is 0 Å². The van der Waals surface area contributed by atoms with Crippen molar-refractivity contribution in [2.24, 2.45) is 0 Å². The number of pyridine rings is 1. The first-order valence-electron chi connectivity index (χ1n) is 9.28. The van der Waals surface area contributed by atoms with Crippen LogP contribution in [0, 0.1) is 6.92 Å². The molecule has 0 bridgehead atoms. The molecule has 146 valence electrons. The van der Waals surface area contributed by atoms with Gasteiger partial charge in [-0.2, -0.15) is 0 Å². The number of imidazole rings is 1. The SMILES string of the molecule is CCCCS(=O)(=O)CCCCn1c(COCC)nc2c(N)ncc(C)c21. The Morgan fingerprint density at radius 2 is 1.92 bits per heavy atom. The van der Waals surface area contributed by atoms with Crippen LogP contribution in [-0.2, 0) is 27.7 Å². The second-order valence-corrected chi connectivity index (χ2v) is 8.86. The fraction of sp³-hybridized carbons (Fsp3) is 0.667. The Bertz CT molecular complexity index is 831. The molecule has 0 aliphatic carbocycles. The molecule has 0 amide bonds. The number of fused-ring (bicyclic) bond motifs is 1. The van der Waals surface area contributed by atoms with Crippen LogP contribution in [0.2, 0.25) is 0 Å². The number of aromatic nitrogens is 3. The first-order chi connectivity index (χ1) is 12.4. The number of anilines is 1. The average Bonchev–Trinajstić information content (AvgIpc) is 2.98. The quantitative estimate of drug-likeness (QED) is 0.600. The molecule has 2 rings (SSSR count). The van der Waals surface area contributed by atoms with Gasteiger partial charge in [-0.05, 0) is 38.7 Å². The Labute approximate surface area is 155 Å². The van der Waals surface area contributed by atoms with Crippen LogP contribution in [0.25, 0.3) is 11.0 Å². The number of sulfone groups is 1. The number of rotatable bonds is 11. The molecule has 0 aromatic carbocycles. The lowest BCUT2D eigenvalue weighted by atomic mass is 10.2. The largest absolute Gasteiger partial charge is 0.382 e.